The molecule has 2 amide bonds. The van der Waals surface area contributed by atoms with Crippen molar-refractivity contribution in [1.29, 1.82) is 0 Å². The lowest BCUT2D eigenvalue weighted by Crippen LogP contribution is -2.60. The van der Waals surface area contributed by atoms with Crippen LogP contribution in [0.4, 0.5) is 10.6 Å². The molecule has 2 heterocycles. The third-order valence-electron chi connectivity index (χ3n) is 5.13. The second kappa shape index (κ2) is 9.19. The number of benzene rings is 1. The van der Waals surface area contributed by atoms with E-state index in [-0.39, 0.29) is 12.5 Å². The highest BCUT2D eigenvalue weighted by Gasteiger charge is 2.38. The molecule has 0 radical (unpaired) electrons. The SMILES string of the molecule is CN(C)C(=O)C1CN(C(=O)OC(C)(C)C)CCN1c1cc(-c2cccc(Cl)c2Cl)nn1C. The zero-order chi connectivity index (χ0) is 23.8. The Morgan fingerprint density at radius 3 is 2.50 bits per heavy atom. The van der Waals surface area contributed by atoms with Gasteiger partial charge in [-0.3, -0.25) is 9.48 Å². The van der Waals surface area contributed by atoms with E-state index in [2.05, 4.69) is 5.10 Å². The van der Waals surface area contributed by atoms with Gasteiger partial charge in [0.1, 0.15) is 17.5 Å². The first-order valence-electron chi connectivity index (χ1n) is 10.3. The number of piperazine rings is 1. The number of aromatic nitrogens is 2. The molecule has 0 saturated carbocycles. The number of anilines is 1. The van der Waals surface area contributed by atoms with E-state index in [4.69, 9.17) is 27.9 Å². The molecular weight excluding hydrogens is 453 g/mol. The van der Waals surface area contributed by atoms with E-state index >= 15 is 0 Å². The number of amides is 2. The Hall–Kier alpha value is -2.45. The number of aryl methyl sites for hydroxylation is 1. The molecule has 1 unspecified atom stereocenters. The first-order chi connectivity index (χ1) is 14.9. The second-order valence-electron chi connectivity index (χ2n) is 8.98. The quantitative estimate of drug-likeness (QED) is 0.664. The summed E-state index contributed by atoms with van der Waals surface area (Å²) >= 11 is 12.6. The maximum Gasteiger partial charge on any atom is 0.410 e. The van der Waals surface area contributed by atoms with Crippen molar-refractivity contribution >= 4 is 41.0 Å². The lowest BCUT2D eigenvalue weighted by atomic mass is 10.1. The average Bonchev–Trinajstić information content (AvgIpc) is 3.08. The zero-order valence-corrected chi connectivity index (χ0v) is 20.7. The van der Waals surface area contributed by atoms with Crippen molar-refractivity contribution in [2.24, 2.45) is 7.05 Å². The minimum Gasteiger partial charge on any atom is -0.444 e. The van der Waals surface area contributed by atoms with E-state index < -0.39 is 17.7 Å². The summed E-state index contributed by atoms with van der Waals surface area (Å²) in [6.45, 7) is 6.55. The summed E-state index contributed by atoms with van der Waals surface area (Å²) in [7, 11) is 5.22. The van der Waals surface area contributed by atoms with Gasteiger partial charge in [-0.2, -0.15) is 5.10 Å². The number of likely N-dealkylation sites (N-methyl/N-ethyl adjacent to an activating group) is 1. The van der Waals surface area contributed by atoms with Crippen LogP contribution >= 0.6 is 23.2 Å². The molecule has 0 N–H and O–H groups in total. The van der Waals surface area contributed by atoms with E-state index in [1.165, 1.54) is 4.90 Å². The van der Waals surface area contributed by atoms with E-state index in [1.807, 2.05) is 50.9 Å². The first kappa shape index (κ1) is 24.2. The van der Waals surface area contributed by atoms with Crippen LogP contribution < -0.4 is 4.90 Å². The fourth-order valence-electron chi connectivity index (χ4n) is 3.62. The summed E-state index contributed by atoms with van der Waals surface area (Å²) < 4.78 is 7.23. The van der Waals surface area contributed by atoms with Crippen molar-refractivity contribution < 1.29 is 14.3 Å². The largest absolute Gasteiger partial charge is 0.444 e. The van der Waals surface area contributed by atoms with Crippen LogP contribution in [0.3, 0.4) is 0 Å². The number of nitrogens with zero attached hydrogens (tertiary/aromatic N) is 5. The molecule has 3 rings (SSSR count). The highest BCUT2D eigenvalue weighted by atomic mass is 35.5. The molecule has 8 nitrogen and oxygen atoms in total. The Morgan fingerprint density at radius 2 is 1.88 bits per heavy atom. The molecule has 174 valence electrons. The summed E-state index contributed by atoms with van der Waals surface area (Å²) in [5.41, 5.74) is 0.757. The topological polar surface area (TPSA) is 70.9 Å². The summed E-state index contributed by atoms with van der Waals surface area (Å²) in [6.07, 6.45) is -0.426. The number of rotatable bonds is 3. The van der Waals surface area contributed by atoms with Gasteiger partial charge in [0.25, 0.3) is 0 Å². The van der Waals surface area contributed by atoms with E-state index in [1.54, 1.807) is 29.7 Å². The monoisotopic (exact) mass is 481 g/mol. The fourth-order valence-corrected chi connectivity index (χ4v) is 4.02. The average molecular weight is 482 g/mol. The predicted molar refractivity (Wildman–Crippen MR) is 126 cm³/mol. The molecule has 2 aromatic rings. The summed E-state index contributed by atoms with van der Waals surface area (Å²) in [4.78, 5) is 30.8. The fraction of sp³-hybridized carbons (Fsp3) is 0.500. The standard InChI is InChI=1S/C22H29Cl2N5O3/c1-22(2,3)32-21(31)28-10-11-29(17(13-28)20(30)26(4)5)18-12-16(25-27(18)6)14-8-7-9-15(23)19(14)24/h7-9,12,17H,10-11,13H2,1-6H3. The number of halogens is 2. The molecule has 1 aliphatic heterocycles. The highest BCUT2D eigenvalue weighted by molar-refractivity contribution is 6.43. The van der Waals surface area contributed by atoms with Gasteiger partial charge in [-0.1, -0.05) is 35.3 Å². The van der Waals surface area contributed by atoms with Crippen LogP contribution in [0.25, 0.3) is 11.3 Å². The normalized spacial score (nSPS) is 16.8. The number of carbonyl (C=O) groups excluding carboxylic acids is 2. The van der Waals surface area contributed by atoms with Gasteiger partial charge in [-0.15, -0.1) is 0 Å². The van der Waals surface area contributed by atoms with Crippen molar-refractivity contribution in [3.05, 3.63) is 34.3 Å². The maximum atomic E-state index is 13.1. The predicted octanol–water partition coefficient (Wildman–Crippen LogP) is 3.91. The minimum atomic E-state index is -0.609. The van der Waals surface area contributed by atoms with Crippen LogP contribution in [0.1, 0.15) is 20.8 Å². The summed E-state index contributed by atoms with van der Waals surface area (Å²) in [5.74, 6) is 0.641. The van der Waals surface area contributed by atoms with E-state index in [9.17, 15) is 9.59 Å². The molecule has 1 aromatic carbocycles. The van der Waals surface area contributed by atoms with Crippen molar-refractivity contribution in [2.75, 3.05) is 38.6 Å². The molecule has 1 atom stereocenters. The molecule has 1 aromatic heterocycles. The Balaban J connectivity index is 1.93. The third-order valence-corrected chi connectivity index (χ3v) is 5.95. The van der Waals surface area contributed by atoms with Crippen molar-refractivity contribution in [2.45, 2.75) is 32.4 Å². The first-order valence-corrected chi connectivity index (χ1v) is 11.1. The van der Waals surface area contributed by atoms with Gasteiger partial charge in [0, 0.05) is 45.9 Å². The van der Waals surface area contributed by atoms with Gasteiger partial charge in [-0.05, 0) is 26.8 Å². The molecule has 0 spiro atoms. The Labute approximate surface area is 198 Å². The molecule has 1 saturated heterocycles. The van der Waals surface area contributed by atoms with Crippen molar-refractivity contribution in [1.82, 2.24) is 19.6 Å². The number of carbonyl (C=O) groups is 2. The van der Waals surface area contributed by atoms with Crippen LogP contribution in [0.15, 0.2) is 24.3 Å². The van der Waals surface area contributed by atoms with Crippen LogP contribution in [0.5, 0.6) is 0 Å². The van der Waals surface area contributed by atoms with Gasteiger partial charge >= 0.3 is 6.09 Å². The minimum absolute atomic E-state index is 0.109. The van der Waals surface area contributed by atoms with Gasteiger partial charge in [0.2, 0.25) is 5.91 Å². The van der Waals surface area contributed by atoms with E-state index in [0.29, 0.717) is 34.4 Å². The highest BCUT2D eigenvalue weighted by Crippen LogP contribution is 2.35. The molecule has 0 bridgehead atoms. The molecule has 0 aliphatic carbocycles. The molecule has 32 heavy (non-hydrogen) atoms. The van der Waals surface area contributed by atoms with E-state index in [0.717, 1.165) is 5.82 Å². The third kappa shape index (κ3) is 5.13. The number of ether oxygens (including phenoxy) is 1. The van der Waals surface area contributed by atoms with Gasteiger partial charge in [0.15, 0.2) is 0 Å². The zero-order valence-electron chi connectivity index (χ0n) is 19.2. The Morgan fingerprint density at radius 1 is 1.19 bits per heavy atom. The molecular formula is C22H29Cl2N5O3. The van der Waals surface area contributed by atoms with Crippen LogP contribution in [0.2, 0.25) is 10.0 Å². The van der Waals surface area contributed by atoms with Crippen LogP contribution in [-0.4, -0.2) is 77.0 Å². The molecule has 1 aliphatic rings. The lowest BCUT2D eigenvalue weighted by molar-refractivity contribution is -0.131. The molecule has 10 heteroatoms. The van der Waals surface area contributed by atoms with Gasteiger partial charge in [-0.25, -0.2) is 4.79 Å². The van der Waals surface area contributed by atoms with Crippen molar-refractivity contribution in [3.8, 4) is 11.3 Å². The Bertz CT molecular complexity index is 1020. The van der Waals surface area contributed by atoms with Crippen LogP contribution in [0, 0.1) is 0 Å². The number of hydrogen-bond acceptors (Lipinski definition) is 5. The maximum absolute atomic E-state index is 13.1. The van der Waals surface area contributed by atoms with Crippen molar-refractivity contribution in [3.63, 3.8) is 0 Å². The summed E-state index contributed by atoms with van der Waals surface area (Å²) in [6, 6.07) is 6.69. The number of hydrogen-bond donors (Lipinski definition) is 0. The van der Waals surface area contributed by atoms with Gasteiger partial charge in [0.05, 0.1) is 22.3 Å². The van der Waals surface area contributed by atoms with Crippen LogP contribution in [-0.2, 0) is 16.6 Å². The smallest absolute Gasteiger partial charge is 0.410 e. The summed E-state index contributed by atoms with van der Waals surface area (Å²) in [5, 5.41) is 5.47. The molecule has 1 fully saturated rings. The second-order valence-corrected chi connectivity index (χ2v) is 9.77. The lowest BCUT2D eigenvalue weighted by Gasteiger charge is -2.42. The van der Waals surface area contributed by atoms with Gasteiger partial charge < -0.3 is 19.4 Å². The Kier molecular flexibility index (Phi) is 6.95.